The predicted octanol–water partition coefficient (Wildman–Crippen LogP) is 3.89. The molecule has 3 heterocycles. The van der Waals surface area contributed by atoms with E-state index < -0.39 is 17.3 Å². The summed E-state index contributed by atoms with van der Waals surface area (Å²) in [6.45, 7) is 2.28. The number of halogens is 4. The molecule has 2 aromatic rings. The molecule has 0 saturated heterocycles. The van der Waals surface area contributed by atoms with Gasteiger partial charge >= 0.3 is 6.18 Å². The normalized spacial score (nSPS) is 20.1. The number of methoxy groups -OCH3 is 1. The van der Waals surface area contributed by atoms with Crippen molar-refractivity contribution in [1.29, 1.82) is 0 Å². The quantitative estimate of drug-likeness (QED) is 0.898. The molecule has 4 nitrogen and oxygen atoms in total. The smallest absolute Gasteiger partial charge is 0.433 e. The Morgan fingerprint density at radius 2 is 1.96 bits per heavy atom. The molecule has 8 heteroatoms. The molecule has 0 aromatic carbocycles. The minimum Gasteiger partial charge on any atom is -0.481 e. The number of nitrogens with zero attached hydrogens (tertiary/aromatic N) is 2. The molecule has 0 radical (unpaired) electrons. The van der Waals surface area contributed by atoms with Gasteiger partial charge in [0.25, 0.3) is 0 Å². The minimum atomic E-state index is -4.48. The summed E-state index contributed by atoms with van der Waals surface area (Å²) in [4.78, 5) is 7.70. The first-order valence-corrected chi connectivity index (χ1v) is 7.15. The van der Waals surface area contributed by atoms with Gasteiger partial charge in [0.1, 0.15) is 5.69 Å². The lowest BCUT2D eigenvalue weighted by Crippen LogP contribution is -2.27. The molecule has 1 atom stereocenters. The number of nitrogens with one attached hydrogen (secondary N) is 1. The SMILES string of the molecule is COc1ncc(Cl)cc1C1(C)CNc2cc(C(F)(F)F)ncc21. The molecule has 0 amide bonds. The van der Waals surface area contributed by atoms with E-state index >= 15 is 0 Å². The molecule has 122 valence electrons. The second kappa shape index (κ2) is 5.26. The zero-order valence-corrected chi connectivity index (χ0v) is 13.1. The van der Waals surface area contributed by atoms with Gasteiger partial charge < -0.3 is 10.1 Å². The maximum atomic E-state index is 12.8. The Kier molecular flexibility index (Phi) is 3.63. The van der Waals surface area contributed by atoms with Crippen LogP contribution < -0.4 is 10.1 Å². The van der Waals surface area contributed by atoms with Crippen molar-refractivity contribution < 1.29 is 17.9 Å². The van der Waals surface area contributed by atoms with Crippen LogP contribution in [0.3, 0.4) is 0 Å². The van der Waals surface area contributed by atoms with Crippen molar-refractivity contribution in [3.8, 4) is 5.88 Å². The number of aromatic nitrogens is 2. The highest BCUT2D eigenvalue weighted by molar-refractivity contribution is 6.30. The Morgan fingerprint density at radius 1 is 1.22 bits per heavy atom. The fourth-order valence-electron chi connectivity index (χ4n) is 2.79. The number of fused-ring (bicyclic) bond motifs is 1. The zero-order chi connectivity index (χ0) is 16.8. The van der Waals surface area contributed by atoms with Crippen LogP contribution in [-0.2, 0) is 11.6 Å². The third-order valence-corrected chi connectivity index (χ3v) is 4.23. The van der Waals surface area contributed by atoms with Crippen LogP contribution in [0.5, 0.6) is 5.88 Å². The lowest BCUT2D eigenvalue weighted by Gasteiger charge is -2.26. The van der Waals surface area contributed by atoms with Gasteiger partial charge in [-0.3, -0.25) is 4.98 Å². The Balaban J connectivity index is 2.13. The average molecular weight is 344 g/mol. The van der Waals surface area contributed by atoms with Crippen molar-refractivity contribution in [3.63, 3.8) is 0 Å². The van der Waals surface area contributed by atoms with Gasteiger partial charge in [0.05, 0.1) is 12.1 Å². The van der Waals surface area contributed by atoms with Gasteiger partial charge in [-0.1, -0.05) is 11.6 Å². The molecule has 0 aliphatic carbocycles. The Hall–Kier alpha value is -2.02. The second-order valence-corrected chi connectivity index (χ2v) is 5.95. The van der Waals surface area contributed by atoms with Gasteiger partial charge in [-0.15, -0.1) is 0 Å². The molecule has 1 aliphatic heterocycles. The fourth-order valence-corrected chi connectivity index (χ4v) is 2.95. The number of rotatable bonds is 2. The van der Waals surface area contributed by atoms with Crippen LogP contribution >= 0.6 is 11.6 Å². The van der Waals surface area contributed by atoms with Gasteiger partial charge in [-0.05, 0) is 19.1 Å². The molecule has 1 unspecified atom stereocenters. The van der Waals surface area contributed by atoms with Crippen molar-refractivity contribution in [2.24, 2.45) is 0 Å². The summed E-state index contributed by atoms with van der Waals surface area (Å²) in [5, 5.41) is 3.43. The van der Waals surface area contributed by atoms with E-state index in [9.17, 15) is 13.2 Å². The third-order valence-electron chi connectivity index (χ3n) is 4.03. The zero-order valence-electron chi connectivity index (χ0n) is 12.3. The topological polar surface area (TPSA) is 47.0 Å². The second-order valence-electron chi connectivity index (χ2n) is 5.51. The largest absolute Gasteiger partial charge is 0.481 e. The van der Waals surface area contributed by atoms with E-state index in [4.69, 9.17) is 16.3 Å². The molecule has 3 rings (SSSR count). The Morgan fingerprint density at radius 3 is 2.61 bits per heavy atom. The summed E-state index contributed by atoms with van der Waals surface area (Å²) >= 11 is 6.02. The molecular weight excluding hydrogens is 331 g/mol. The number of hydrogen-bond acceptors (Lipinski definition) is 4. The molecule has 0 saturated carbocycles. The van der Waals surface area contributed by atoms with Crippen LogP contribution in [0, 0.1) is 0 Å². The molecule has 23 heavy (non-hydrogen) atoms. The van der Waals surface area contributed by atoms with Crippen LogP contribution in [0.4, 0.5) is 18.9 Å². The van der Waals surface area contributed by atoms with Gasteiger partial charge in [0.2, 0.25) is 5.88 Å². The minimum absolute atomic E-state index is 0.381. The molecule has 2 aromatic heterocycles. The van der Waals surface area contributed by atoms with Crippen molar-refractivity contribution in [2.45, 2.75) is 18.5 Å². The highest BCUT2D eigenvalue weighted by Crippen LogP contribution is 2.45. The van der Waals surface area contributed by atoms with Gasteiger partial charge in [-0.2, -0.15) is 13.2 Å². The number of anilines is 1. The summed E-state index contributed by atoms with van der Waals surface area (Å²) in [7, 11) is 1.48. The van der Waals surface area contributed by atoms with Gasteiger partial charge in [0, 0.05) is 41.2 Å². The monoisotopic (exact) mass is 343 g/mol. The molecular formula is C15H13ClF3N3O. The third kappa shape index (κ3) is 2.59. The predicted molar refractivity (Wildman–Crippen MR) is 80.0 cm³/mol. The van der Waals surface area contributed by atoms with E-state index in [0.717, 1.165) is 6.07 Å². The van der Waals surface area contributed by atoms with E-state index in [-0.39, 0.29) is 0 Å². The van der Waals surface area contributed by atoms with Crippen LogP contribution in [0.25, 0.3) is 0 Å². The van der Waals surface area contributed by atoms with Crippen molar-refractivity contribution in [2.75, 3.05) is 19.0 Å². The summed E-state index contributed by atoms with van der Waals surface area (Å²) in [5.74, 6) is 0.381. The maximum absolute atomic E-state index is 12.8. The van der Waals surface area contributed by atoms with Gasteiger partial charge in [0.15, 0.2) is 0 Å². The van der Waals surface area contributed by atoms with Crippen molar-refractivity contribution in [1.82, 2.24) is 9.97 Å². The Labute approximate surface area is 135 Å². The van der Waals surface area contributed by atoms with Crippen LogP contribution in [0.2, 0.25) is 5.02 Å². The standard InChI is InChI=1S/C15H13ClF3N3O/c1-14(9-3-8(16)5-21-13(9)23-2)7-22-11-4-12(15(17,18)19)20-6-10(11)14/h3-6,22H,7H2,1-2H3. The first-order chi connectivity index (χ1) is 10.8. The number of ether oxygens (including phenoxy) is 1. The van der Waals surface area contributed by atoms with Crippen molar-refractivity contribution >= 4 is 17.3 Å². The summed E-state index contributed by atoms with van der Waals surface area (Å²) < 4.78 is 43.7. The molecule has 0 bridgehead atoms. The molecule has 0 fully saturated rings. The van der Waals surface area contributed by atoms with Gasteiger partial charge in [-0.25, -0.2) is 4.98 Å². The molecule has 1 aliphatic rings. The van der Waals surface area contributed by atoms with E-state index in [1.807, 2.05) is 6.92 Å². The average Bonchev–Trinajstić information content (AvgIpc) is 2.84. The summed E-state index contributed by atoms with van der Waals surface area (Å²) in [5.41, 5.74) is 0.171. The lowest BCUT2D eigenvalue weighted by molar-refractivity contribution is -0.141. The van der Waals surface area contributed by atoms with Crippen LogP contribution in [0.15, 0.2) is 24.5 Å². The van der Waals surface area contributed by atoms with E-state index in [1.54, 1.807) is 6.07 Å². The molecule has 0 spiro atoms. The van der Waals surface area contributed by atoms with E-state index in [2.05, 4.69) is 15.3 Å². The summed E-state index contributed by atoms with van der Waals surface area (Å²) in [6.07, 6.45) is -1.77. The van der Waals surface area contributed by atoms with E-state index in [1.165, 1.54) is 19.5 Å². The Bertz CT molecular complexity index is 766. The van der Waals surface area contributed by atoms with Crippen LogP contribution in [-0.4, -0.2) is 23.6 Å². The number of alkyl halides is 3. The first-order valence-electron chi connectivity index (χ1n) is 6.77. The van der Waals surface area contributed by atoms with Crippen molar-refractivity contribution in [3.05, 3.63) is 46.4 Å². The van der Waals surface area contributed by atoms with E-state index in [0.29, 0.717) is 34.3 Å². The number of pyridine rings is 2. The maximum Gasteiger partial charge on any atom is 0.433 e. The summed E-state index contributed by atoms with van der Waals surface area (Å²) in [6, 6.07) is 2.73. The lowest BCUT2D eigenvalue weighted by atomic mass is 9.79. The highest BCUT2D eigenvalue weighted by Gasteiger charge is 2.41. The molecule has 1 N–H and O–H groups in total. The fraction of sp³-hybridized carbons (Fsp3) is 0.333. The van der Waals surface area contributed by atoms with Crippen LogP contribution in [0.1, 0.15) is 23.7 Å². The number of hydrogen-bond donors (Lipinski definition) is 1. The highest BCUT2D eigenvalue weighted by atomic mass is 35.5. The first kappa shape index (κ1) is 15.9.